The van der Waals surface area contributed by atoms with E-state index in [0.717, 1.165) is 6.61 Å². The highest BCUT2D eigenvalue weighted by Gasteiger charge is 1.94. The minimum atomic E-state index is -0.365. The number of aliphatic hydroxyl groups excluding tert-OH is 1. The van der Waals surface area contributed by atoms with E-state index in [2.05, 4.69) is 13.1 Å². The average Bonchev–Trinajstić information content (AvgIpc) is 1.87. The van der Waals surface area contributed by atoms with Gasteiger partial charge in [-0.3, -0.25) is 0 Å². The van der Waals surface area contributed by atoms with E-state index in [1.807, 2.05) is 0 Å². The molecule has 0 aromatic rings. The number of hydrogen-bond donors (Lipinski definition) is 1. The van der Waals surface area contributed by atoms with Gasteiger partial charge in [-0.25, -0.2) is 0 Å². The van der Waals surface area contributed by atoms with E-state index in [1.165, 1.54) is 12.5 Å². The zero-order chi connectivity index (χ0) is 7.82. The van der Waals surface area contributed by atoms with E-state index in [9.17, 15) is 0 Å². The zero-order valence-electron chi connectivity index (χ0n) is 6.97. The molecule has 0 radical (unpaired) electrons. The van der Waals surface area contributed by atoms with Crippen LogP contribution in [0.5, 0.6) is 0 Å². The fourth-order valence-corrected chi connectivity index (χ4v) is 1.74. The molecule has 0 amide bonds. The van der Waals surface area contributed by atoms with Crippen molar-refractivity contribution in [1.29, 1.82) is 0 Å². The normalized spacial score (nSPS) is 10.8. The van der Waals surface area contributed by atoms with Gasteiger partial charge in [-0.15, -0.1) is 0 Å². The van der Waals surface area contributed by atoms with Crippen molar-refractivity contribution < 1.29 is 9.84 Å². The molecule has 2 nitrogen and oxygen atoms in total. The third kappa shape index (κ3) is 8.14. The van der Waals surface area contributed by atoms with Gasteiger partial charge in [0.1, 0.15) is 0 Å². The Balaban J connectivity index is 2.77. The van der Waals surface area contributed by atoms with Crippen LogP contribution >= 0.6 is 0 Å². The van der Waals surface area contributed by atoms with Crippen LogP contribution in [0.2, 0.25) is 19.1 Å². The molecule has 62 valence electrons. The predicted octanol–water partition coefficient (Wildman–Crippen LogP) is 0.872. The lowest BCUT2D eigenvalue weighted by atomic mass is 10.5. The van der Waals surface area contributed by atoms with Crippen LogP contribution in [0, 0.1) is 0 Å². The van der Waals surface area contributed by atoms with E-state index in [1.54, 1.807) is 0 Å². The molecule has 0 saturated carbocycles. The molecule has 10 heavy (non-hydrogen) atoms. The summed E-state index contributed by atoms with van der Waals surface area (Å²) in [5.41, 5.74) is 0. The molecule has 0 aliphatic heterocycles. The first kappa shape index (κ1) is 10.1. The zero-order valence-corrected chi connectivity index (χ0v) is 8.12. The van der Waals surface area contributed by atoms with Gasteiger partial charge < -0.3 is 9.84 Å². The van der Waals surface area contributed by atoms with Crippen molar-refractivity contribution in [2.45, 2.75) is 25.6 Å². The maximum absolute atomic E-state index is 8.36. The highest BCUT2D eigenvalue weighted by molar-refractivity contribution is 6.55. The van der Waals surface area contributed by atoms with Crippen LogP contribution in [0.4, 0.5) is 0 Å². The Hall–Kier alpha value is 0.137. The Morgan fingerprint density at radius 3 is 2.50 bits per heavy atom. The van der Waals surface area contributed by atoms with E-state index >= 15 is 0 Å². The van der Waals surface area contributed by atoms with Crippen molar-refractivity contribution >= 4 is 8.80 Å². The molecule has 0 heterocycles. The molecular weight excluding hydrogens is 144 g/mol. The minimum absolute atomic E-state index is 0.152. The molecule has 0 aromatic carbocycles. The smallest absolute Gasteiger partial charge is 0.0697 e. The van der Waals surface area contributed by atoms with Gasteiger partial charge in [-0.2, -0.15) is 0 Å². The topological polar surface area (TPSA) is 29.5 Å². The van der Waals surface area contributed by atoms with Gasteiger partial charge in [0.15, 0.2) is 0 Å². The second kappa shape index (κ2) is 7.25. The summed E-state index contributed by atoms with van der Waals surface area (Å²) in [6, 6.07) is 1.35. The third-order valence-corrected chi connectivity index (χ3v) is 2.87. The van der Waals surface area contributed by atoms with Crippen molar-refractivity contribution in [3.8, 4) is 0 Å². The average molecular weight is 162 g/mol. The fourth-order valence-electron chi connectivity index (χ4n) is 0.760. The minimum Gasteiger partial charge on any atom is -0.394 e. The van der Waals surface area contributed by atoms with E-state index in [-0.39, 0.29) is 15.4 Å². The van der Waals surface area contributed by atoms with E-state index < -0.39 is 0 Å². The quantitative estimate of drug-likeness (QED) is 0.464. The molecular formula is C7H18O2Si. The molecule has 0 aromatic heterocycles. The molecule has 3 heteroatoms. The summed E-state index contributed by atoms with van der Waals surface area (Å²) in [7, 11) is -0.365. The Labute approximate surface area is 64.8 Å². The first-order valence-electron chi connectivity index (χ1n) is 3.96. The van der Waals surface area contributed by atoms with Crippen LogP contribution in [0.3, 0.4) is 0 Å². The summed E-state index contributed by atoms with van der Waals surface area (Å²) in [6.45, 7) is 6.16. The van der Waals surface area contributed by atoms with Crippen LogP contribution in [0.1, 0.15) is 6.42 Å². The molecule has 0 aliphatic carbocycles. The Bertz CT molecular complexity index is 66.6. The molecule has 0 atom stereocenters. The lowest BCUT2D eigenvalue weighted by molar-refractivity contribution is 0.0927. The molecule has 0 saturated heterocycles. The second-order valence-electron chi connectivity index (χ2n) is 2.87. The van der Waals surface area contributed by atoms with E-state index in [0.29, 0.717) is 6.61 Å². The van der Waals surface area contributed by atoms with Crippen LogP contribution < -0.4 is 0 Å². The number of hydrogen-bond acceptors (Lipinski definition) is 2. The SMILES string of the molecule is C[SiH](C)CCCOCCO. The van der Waals surface area contributed by atoms with Gasteiger partial charge in [-0.05, 0) is 6.42 Å². The monoisotopic (exact) mass is 162 g/mol. The van der Waals surface area contributed by atoms with Gasteiger partial charge >= 0.3 is 0 Å². The largest absolute Gasteiger partial charge is 0.394 e. The highest BCUT2D eigenvalue weighted by Crippen LogP contribution is 1.96. The third-order valence-electron chi connectivity index (χ3n) is 1.31. The maximum Gasteiger partial charge on any atom is 0.0697 e. The molecule has 0 fully saturated rings. The first-order chi connectivity index (χ1) is 4.77. The van der Waals surface area contributed by atoms with Crippen LogP contribution in [-0.2, 0) is 4.74 Å². The number of aliphatic hydroxyl groups is 1. The molecule has 1 N–H and O–H groups in total. The molecule has 0 aliphatic rings. The van der Waals surface area contributed by atoms with Gasteiger partial charge in [0.25, 0.3) is 0 Å². The fraction of sp³-hybridized carbons (Fsp3) is 1.00. The Kier molecular flexibility index (Phi) is 7.35. The Morgan fingerprint density at radius 1 is 1.30 bits per heavy atom. The van der Waals surface area contributed by atoms with Gasteiger partial charge in [0.05, 0.1) is 13.2 Å². The number of ether oxygens (including phenoxy) is 1. The number of rotatable bonds is 6. The van der Waals surface area contributed by atoms with Crippen molar-refractivity contribution in [3.05, 3.63) is 0 Å². The lowest BCUT2D eigenvalue weighted by Crippen LogP contribution is -2.04. The molecule has 0 rings (SSSR count). The summed E-state index contributed by atoms with van der Waals surface area (Å²) < 4.78 is 5.11. The van der Waals surface area contributed by atoms with Crippen molar-refractivity contribution in [1.82, 2.24) is 0 Å². The highest BCUT2D eigenvalue weighted by atomic mass is 28.3. The van der Waals surface area contributed by atoms with Crippen LogP contribution in [0.15, 0.2) is 0 Å². The summed E-state index contributed by atoms with van der Waals surface area (Å²) in [6.07, 6.45) is 1.17. The maximum atomic E-state index is 8.36. The van der Waals surface area contributed by atoms with Crippen LogP contribution in [-0.4, -0.2) is 33.7 Å². The van der Waals surface area contributed by atoms with Crippen LogP contribution in [0.25, 0.3) is 0 Å². The molecule has 0 unspecified atom stereocenters. The van der Waals surface area contributed by atoms with Crippen molar-refractivity contribution in [3.63, 3.8) is 0 Å². The first-order valence-corrected chi connectivity index (χ1v) is 7.08. The standard InChI is InChI=1S/C7H18O2Si/c1-10(2)7-3-5-9-6-4-8/h8,10H,3-7H2,1-2H3. The van der Waals surface area contributed by atoms with Gasteiger partial charge in [0.2, 0.25) is 0 Å². The Morgan fingerprint density at radius 2 is 2.00 bits per heavy atom. The summed E-state index contributed by atoms with van der Waals surface area (Å²) >= 11 is 0. The predicted molar refractivity (Wildman–Crippen MR) is 46.2 cm³/mol. The van der Waals surface area contributed by atoms with Gasteiger partial charge in [0, 0.05) is 15.4 Å². The lowest BCUT2D eigenvalue weighted by Gasteiger charge is -2.02. The van der Waals surface area contributed by atoms with Crippen molar-refractivity contribution in [2.75, 3.05) is 19.8 Å². The van der Waals surface area contributed by atoms with E-state index in [4.69, 9.17) is 9.84 Å². The van der Waals surface area contributed by atoms with Gasteiger partial charge in [-0.1, -0.05) is 19.1 Å². The molecule has 0 bridgehead atoms. The summed E-state index contributed by atoms with van der Waals surface area (Å²) in [5.74, 6) is 0. The molecule has 0 spiro atoms. The summed E-state index contributed by atoms with van der Waals surface area (Å²) in [4.78, 5) is 0. The second-order valence-corrected chi connectivity index (χ2v) is 6.24. The summed E-state index contributed by atoms with van der Waals surface area (Å²) in [5, 5.41) is 8.36. The van der Waals surface area contributed by atoms with Crippen molar-refractivity contribution in [2.24, 2.45) is 0 Å².